The van der Waals surface area contributed by atoms with Gasteiger partial charge in [-0.1, -0.05) is 12.1 Å². The van der Waals surface area contributed by atoms with Gasteiger partial charge >= 0.3 is 0 Å². The highest BCUT2D eigenvalue weighted by atomic mass is 16.5. The largest absolute Gasteiger partial charge is 0.377 e. The second kappa shape index (κ2) is 7.17. The smallest absolute Gasteiger partial charge is 0.161 e. The van der Waals surface area contributed by atoms with E-state index in [-0.39, 0.29) is 0 Å². The van der Waals surface area contributed by atoms with Gasteiger partial charge in [-0.25, -0.2) is 19.9 Å². The zero-order chi connectivity index (χ0) is 20.8. The monoisotopic (exact) mass is 404 g/mol. The van der Waals surface area contributed by atoms with E-state index in [2.05, 4.69) is 54.8 Å². The first-order valence-electron chi connectivity index (χ1n) is 9.97. The predicted octanol–water partition coefficient (Wildman–Crippen LogP) is 2.31. The number of anilines is 1. The molecule has 1 fully saturated rings. The number of para-hydroxylation sites is 2. The Labute approximate surface area is 174 Å². The zero-order valence-corrected chi connectivity index (χ0v) is 17.6. The summed E-state index contributed by atoms with van der Waals surface area (Å²) in [5, 5.41) is 4.49. The van der Waals surface area contributed by atoms with E-state index in [1.807, 2.05) is 26.0 Å². The fraction of sp³-hybridized carbons (Fsp3) is 0.381. The van der Waals surface area contributed by atoms with Crippen LogP contribution in [-0.2, 0) is 18.4 Å². The van der Waals surface area contributed by atoms with E-state index in [1.165, 1.54) is 5.52 Å². The van der Waals surface area contributed by atoms with Crippen LogP contribution in [0.25, 0.3) is 16.9 Å². The van der Waals surface area contributed by atoms with Crippen LogP contribution < -0.4 is 4.90 Å². The molecule has 5 rings (SSSR count). The van der Waals surface area contributed by atoms with Crippen LogP contribution in [0.3, 0.4) is 0 Å². The van der Waals surface area contributed by atoms with Crippen LogP contribution in [0.1, 0.15) is 29.2 Å². The molecule has 0 aliphatic carbocycles. The molecule has 0 radical (unpaired) electrons. The van der Waals surface area contributed by atoms with Crippen molar-refractivity contribution < 1.29 is 4.74 Å². The maximum atomic E-state index is 5.26. The van der Waals surface area contributed by atoms with Gasteiger partial charge in [0.1, 0.15) is 29.9 Å². The Morgan fingerprint density at radius 2 is 1.77 bits per heavy atom. The molecule has 9 heteroatoms. The first-order chi connectivity index (χ1) is 14.5. The summed E-state index contributed by atoms with van der Waals surface area (Å²) in [4.78, 5) is 20.8. The Morgan fingerprint density at radius 1 is 1.00 bits per heavy atom. The van der Waals surface area contributed by atoms with Crippen LogP contribution in [0.4, 0.5) is 5.82 Å². The Hall–Kier alpha value is -3.33. The highest BCUT2D eigenvalue weighted by molar-refractivity contribution is 5.76. The van der Waals surface area contributed by atoms with Gasteiger partial charge in [-0.3, -0.25) is 0 Å². The van der Waals surface area contributed by atoms with Crippen molar-refractivity contribution in [1.29, 1.82) is 0 Å². The van der Waals surface area contributed by atoms with Gasteiger partial charge in [-0.2, -0.15) is 4.68 Å². The maximum absolute atomic E-state index is 5.26. The Morgan fingerprint density at radius 3 is 2.53 bits per heavy atom. The van der Waals surface area contributed by atoms with E-state index >= 15 is 0 Å². The summed E-state index contributed by atoms with van der Waals surface area (Å²) in [7, 11) is 3.73. The average Bonchev–Trinajstić information content (AvgIpc) is 3.21. The van der Waals surface area contributed by atoms with Crippen LogP contribution in [0, 0.1) is 13.8 Å². The molecule has 1 aliphatic heterocycles. The Kier molecular flexibility index (Phi) is 4.47. The minimum Gasteiger partial charge on any atom is -0.377 e. The summed E-state index contributed by atoms with van der Waals surface area (Å²) >= 11 is 0. The highest BCUT2D eigenvalue weighted by Gasteiger charge is 2.33. The molecular formula is C21H24N8O. The fourth-order valence-electron chi connectivity index (χ4n) is 4.03. The number of fused-ring (bicyclic) bond motifs is 1. The van der Waals surface area contributed by atoms with Crippen LogP contribution in [-0.4, -0.2) is 54.5 Å². The van der Waals surface area contributed by atoms with Gasteiger partial charge in [-0.05, 0) is 26.0 Å². The lowest BCUT2D eigenvalue weighted by Gasteiger charge is -2.39. The third-order valence-corrected chi connectivity index (χ3v) is 5.47. The molecule has 1 aliphatic rings. The molecule has 0 spiro atoms. The number of imidazole rings is 1. The third kappa shape index (κ3) is 3.11. The molecule has 3 aromatic heterocycles. The number of methoxy groups -OCH3 is 1. The van der Waals surface area contributed by atoms with E-state index in [4.69, 9.17) is 9.72 Å². The summed E-state index contributed by atoms with van der Waals surface area (Å²) < 4.78 is 9.19. The zero-order valence-electron chi connectivity index (χ0n) is 17.6. The van der Waals surface area contributed by atoms with Crippen LogP contribution >= 0.6 is 0 Å². The Bertz CT molecular complexity index is 1220. The normalized spacial score (nSPS) is 14.5. The number of aryl methyl sites for hydroxylation is 3. The standard InChI is InChI=1S/C21H24N8O/c1-13-22-18(9-19(23-13)29-20(12-30-4)24-14(2)26-29)28-10-15(11-28)21-25-16-7-5-6-8-17(16)27(21)3/h5-9,15H,10-12H2,1-4H3. The number of hydrogen-bond donors (Lipinski definition) is 0. The molecule has 154 valence electrons. The quantitative estimate of drug-likeness (QED) is 0.504. The molecule has 0 unspecified atom stereocenters. The molecule has 0 atom stereocenters. The second-order valence-corrected chi connectivity index (χ2v) is 7.67. The molecule has 0 amide bonds. The second-order valence-electron chi connectivity index (χ2n) is 7.67. The van der Waals surface area contributed by atoms with Crippen LogP contribution in [0.15, 0.2) is 30.3 Å². The summed E-state index contributed by atoms with van der Waals surface area (Å²) in [5.41, 5.74) is 2.21. The van der Waals surface area contributed by atoms with Gasteiger partial charge in [-0.15, -0.1) is 5.10 Å². The molecule has 30 heavy (non-hydrogen) atoms. The SMILES string of the molecule is COCc1nc(C)nn1-c1cc(N2CC(c3nc4ccccc4n3C)C2)nc(C)n1. The maximum Gasteiger partial charge on any atom is 0.161 e. The van der Waals surface area contributed by atoms with Crippen molar-refractivity contribution in [2.24, 2.45) is 7.05 Å². The summed E-state index contributed by atoms with van der Waals surface area (Å²) in [5.74, 6) is 5.20. The molecule has 4 heterocycles. The molecule has 4 aromatic rings. The van der Waals surface area contributed by atoms with E-state index < -0.39 is 0 Å². The lowest BCUT2D eigenvalue weighted by atomic mass is 9.99. The molecule has 1 saturated heterocycles. The third-order valence-electron chi connectivity index (χ3n) is 5.47. The lowest BCUT2D eigenvalue weighted by molar-refractivity contribution is 0.175. The molecule has 0 saturated carbocycles. The van der Waals surface area contributed by atoms with E-state index in [1.54, 1.807) is 11.8 Å². The van der Waals surface area contributed by atoms with Gasteiger partial charge in [0.05, 0.1) is 17.0 Å². The fourth-order valence-corrected chi connectivity index (χ4v) is 4.03. The van der Waals surface area contributed by atoms with E-state index in [0.717, 1.165) is 36.1 Å². The van der Waals surface area contributed by atoms with Gasteiger partial charge in [0.25, 0.3) is 0 Å². The minimum absolute atomic E-state index is 0.373. The van der Waals surface area contributed by atoms with Crippen molar-refractivity contribution in [2.45, 2.75) is 26.4 Å². The van der Waals surface area contributed by atoms with Gasteiger partial charge in [0.15, 0.2) is 11.6 Å². The lowest BCUT2D eigenvalue weighted by Crippen LogP contribution is -2.46. The molecule has 1 aromatic carbocycles. The van der Waals surface area contributed by atoms with Crippen molar-refractivity contribution in [3.05, 3.63) is 53.6 Å². The molecule has 0 bridgehead atoms. The summed E-state index contributed by atoms with van der Waals surface area (Å²) in [6.45, 7) is 5.87. The van der Waals surface area contributed by atoms with Crippen molar-refractivity contribution in [3.63, 3.8) is 0 Å². The molecule has 0 N–H and O–H groups in total. The summed E-state index contributed by atoms with van der Waals surface area (Å²) in [6.07, 6.45) is 0. The van der Waals surface area contributed by atoms with Crippen LogP contribution in [0.2, 0.25) is 0 Å². The topological polar surface area (TPSA) is 86.8 Å². The van der Waals surface area contributed by atoms with Crippen molar-refractivity contribution in [3.8, 4) is 5.82 Å². The van der Waals surface area contributed by atoms with E-state index in [0.29, 0.717) is 30.0 Å². The molecule has 9 nitrogen and oxygen atoms in total. The van der Waals surface area contributed by atoms with Crippen molar-refractivity contribution >= 4 is 16.9 Å². The highest BCUT2D eigenvalue weighted by Crippen LogP contribution is 2.32. The van der Waals surface area contributed by atoms with E-state index in [9.17, 15) is 0 Å². The predicted molar refractivity (Wildman–Crippen MR) is 113 cm³/mol. The Balaban J connectivity index is 1.41. The van der Waals surface area contributed by atoms with Crippen molar-refractivity contribution in [2.75, 3.05) is 25.1 Å². The number of benzene rings is 1. The van der Waals surface area contributed by atoms with Gasteiger partial charge in [0.2, 0.25) is 0 Å². The number of nitrogens with zero attached hydrogens (tertiary/aromatic N) is 8. The summed E-state index contributed by atoms with van der Waals surface area (Å²) in [6, 6.07) is 10.2. The first kappa shape index (κ1) is 18.7. The number of rotatable bonds is 5. The number of hydrogen-bond acceptors (Lipinski definition) is 7. The number of ether oxygens (including phenoxy) is 1. The first-order valence-corrected chi connectivity index (χ1v) is 9.97. The number of aromatic nitrogens is 7. The van der Waals surface area contributed by atoms with Crippen LogP contribution in [0.5, 0.6) is 0 Å². The molecular weight excluding hydrogens is 380 g/mol. The van der Waals surface area contributed by atoms with Gasteiger partial charge < -0.3 is 14.2 Å². The van der Waals surface area contributed by atoms with Crippen molar-refractivity contribution in [1.82, 2.24) is 34.3 Å². The van der Waals surface area contributed by atoms with Gasteiger partial charge in [0, 0.05) is 33.3 Å². The average molecular weight is 404 g/mol. The minimum atomic E-state index is 0.373.